The van der Waals surface area contributed by atoms with Crippen LogP contribution in [0.4, 0.5) is 0 Å². The summed E-state index contributed by atoms with van der Waals surface area (Å²) in [7, 11) is 5.82. The number of hydrogen-bond acceptors (Lipinski definition) is 4. The van der Waals surface area contributed by atoms with Crippen LogP contribution in [0.3, 0.4) is 0 Å². The molecule has 1 aliphatic rings. The van der Waals surface area contributed by atoms with Crippen molar-refractivity contribution in [2.75, 3.05) is 53.9 Å². The van der Waals surface area contributed by atoms with Crippen molar-refractivity contribution >= 4 is 35.8 Å². The number of benzene rings is 1. The number of nitrogens with zero attached hydrogens (tertiary/aromatic N) is 3. The molecule has 0 saturated carbocycles. The molecule has 1 aromatic rings. The third-order valence-electron chi connectivity index (χ3n) is 5.44. The number of aliphatic imine (C=N–C) groups is 1. The van der Waals surface area contributed by atoms with Crippen molar-refractivity contribution in [3.63, 3.8) is 0 Å². The van der Waals surface area contributed by atoms with E-state index in [0.717, 1.165) is 63.6 Å². The first-order chi connectivity index (χ1) is 14.5. The highest BCUT2D eigenvalue weighted by Gasteiger charge is 2.16. The molecule has 1 unspecified atom stereocenters. The van der Waals surface area contributed by atoms with Gasteiger partial charge in [0, 0.05) is 32.6 Å². The topological polar surface area (TPSA) is 69.2 Å². The number of hydrogen-bond donors (Lipinski definition) is 2. The second-order valence-corrected chi connectivity index (χ2v) is 7.95. The highest BCUT2D eigenvalue weighted by atomic mass is 127. The van der Waals surface area contributed by atoms with Gasteiger partial charge in [0.25, 0.3) is 0 Å². The van der Waals surface area contributed by atoms with E-state index in [-0.39, 0.29) is 30.0 Å². The van der Waals surface area contributed by atoms with Crippen LogP contribution in [0.5, 0.6) is 5.75 Å². The molecule has 1 heterocycles. The molecule has 1 atom stereocenters. The van der Waals surface area contributed by atoms with Crippen LogP contribution < -0.4 is 15.4 Å². The Hall–Kier alpha value is -1.55. The van der Waals surface area contributed by atoms with Gasteiger partial charge in [-0.25, -0.2) is 0 Å². The van der Waals surface area contributed by atoms with E-state index in [9.17, 15) is 4.79 Å². The van der Waals surface area contributed by atoms with Gasteiger partial charge in [-0.1, -0.05) is 18.6 Å². The van der Waals surface area contributed by atoms with Gasteiger partial charge in [-0.05, 0) is 58.0 Å². The molecule has 1 saturated heterocycles. The average Bonchev–Trinajstić information content (AvgIpc) is 2.95. The summed E-state index contributed by atoms with van der Waals surface area (Å²) in [5.41, 5.74) is 1.18. The smallest absolute Gasteiger partial charge is 0.222 e. The second kappa shape index (κ2) is 15.3. The van der Waals surface area contributed by atoms with E-state index in [4.69, 9.17) is 9.73 Å². The van der Waals surface area contributed by atoms with E-state index in [1.54, 1.807) is 7.11 Å². The van der Waals surface area contributed by atoms with Gasteiger partial charge in [-0.2, -0.15) is 0 Å². The van der Waals surface area contributed by atoms with E-state index in [2.05, 4.69) is 48.7 Å². The molecule has 0 aromatic heterocycles. The van der Waals surface area contributed by atoms with Gasteiger partial charge in [-0.3, -0.25) is 9.79 Å². The predicted octanol–water partition coefficient (Wildman–Crippen LogP) is 3.26. The van der Waals surface area contributed by atoms with Crippen molar-refractivity contribution in [3.8, 4) is 5.75 Å². The number of carbonyl (C=O) groups excluding carboxylic acids is 1. The SMILES string of the molecule is CCNC(=NCC(c1cccc(OC)c1)N(C)C)NCCCN1CCCCCC1=O.I. The number of methoxy groups -OCH3 is 1. The van der Waals surface area contributed by atoms with Gasteiger partial charge >= 0.3 is 0 Å². The van der Waals surface area contributed by atoms with Gasteiger partial charge in [0.05, 0.1) is 19.7 Å². The van der Waals surface area contributed by atoms with Gasteiger partial charge < -0.3 is 25.2 Å². The fourth-order valence-electron chi connectivity index (χ4n) is 3.69. The highest BCUT2D eigenvalue weighted by molar-refractivity contribution is 14.0. The minimum Gasteiger partial charge on any atom is -0.497 e. The number of rotatable bonds is 10. The number of halogens is 1. The summed E-state index contributed by atoms with van der Waals surface area (Å²) in [6, 6.07) is 8.31. The number of amides is 1. The Bertz CT molecular complexity index is 684. The zero-order chi connectivity index (χ0) is 21.8. The Morgan fingerprint density at radius 3 is 2.77 bits per heavy atom. The zero-order valence-corrected chi connectivity index (χ0v) is 21.9. The molecular formula is C23H40IN5O2. The fraction of sp³-hybridized carbons (Fsp3) is 0.652. The lowest BCUT2D eigenvalue weighted by molar-refractivity contribution is -0.130. The number of ether oxygens (including phenoxy) is 1. The second-order valence-electron chi connectivity index (χ2n) is 7.95. The van der Waals surface area contributed by atoms with Gasteiger partial charge in [0.2, 0.25) is 5.91 Å². The molecule has 8 heteroatoms. The zero-order valence-electron chi connectivity index (χ0n) is 19.5. The van der Waals surface area contributed by atoms with E-state index in [1.165, 1.54) is 5.56 Å². The van der Waals surface area contributed by atoms with Crippen LogP contribution in [0.25, 0.3) is 0 Å². The first kappa shape index (κ1) is 27.5. The molecule has 0 spiro atoms. The van der Waals surface area contributed by atoms with Crippen molar-refractivity contribution in [1.82, 2.24) is 20.4 Å². The lowest BCUT2D eigenvalue weighted by atomic mass is 10.1. The molecule has 7 nitrogen and oxygen atoms in total. The van der Waals surface area contributed by atoms with Crippen LogP contribution in [0.2, 0.25) is 0 Å². The highest BCUT2D eigenvalue weighted by Crippen LogP contribution is 2.22. The van der Waals surface area contributed by atoms with Gasteiger partial charge in [0.1, 0.15) is 5.75 Å². The summed E-state index contributed by atoms with van der Waals surface area (Å²) in [6.45, 7) is 6.02. The van der Waals surface area contributed by atoms with E-state index in [1.807, 2.05) is 17.0 Å². The van der Waals surface area contributed by atoms with Crippen LogP contribution in [-0.4, -0.2) is 75.6 Å². The summed E-state index contributed by atoms with van der Waals surface area (Å²) < 4.78 is 5.37. The largest absolute Gasteiger partial charge is 0.497 e. The van der Waals surface area contributed by atoms with Gasteiger partial charge in [0.15, 0.2) is 5.96 Å². The molecule has 0 bridgehead atoms. The molecule has 1 aromatic carbocycles. The predicted molar refractivity (Wildman–Crippen MR) is 138 cm³/mol. The lowest BCUT2D eigenvalue weighted by Crippen LogP contribution is -2.40. The maximum absolute atomic E-state index is 12.1. The third kappa shape index (κ3) is 9.64. The van der Waals surface area contributed by atoms with Crippen molar-refractivity contribution in [3.05, 3.63) is 29.8 Å². The lowest BCUT2D eigenvalue weighted by Gasteiger charge is -2.24. The van der Waals surface area contributed by atoms with Crippen LogP contribution in [0, 0.1) is 0 Å². The first-order valence-electron chi connectivity index (χ1n) is 11.2. The normalized spacial score (nSPS) is 15.8. The van der Waals surface area contributed by atoms with Crippen LogP contribution >= 0.6 is 24.0 Å². The quantitative estimate of drug-likeness (QED) is 0.205. The molecule has 1 aliphatic heterocycles. The fourth-order valence-corrected chi connectivity index (χ4v) is 3.69. The number of likely N-dealkylation sites (N-methyl/N-ethyl adjacent to an activating group) is 1. The van der Waals surface area contributed by atoms with E-state index in [0.29, 0.717) is 18.9 Å². The molecule has 1 fully saturated rings. The molecule has 31 heavy (non-hydrogen) atoms. The number of likely N-dealkylation sites (tertiary alicyclic amines) is 1. The molecule has 1 amide bonds. The maximum atomic E-state index is 12.1. The molecular weight excluding hydrogens is 505 g/mol. The standard InChI is InChI=1S/C23H39N5O2.HI/c1-5-24-23(25-14-10-16-28-15-8-6-7-13-22(28)29)26-18-21(27(2)3)19-11-9-12-20(17-19)30-4;/h9,11-12,17,21H,5-8,10,13-16,18H2,1-4H3,(H2,24,25,26);1H. The van der Waals surface area contributed by atoms with E-state index < -0.39 is 0 Å². The monoisotopic (exact) mass is 545 g/mol. The maximum Gasteiger partial charge on any atom is 0.222 e. The summed E-state index contributed by atoms with van der Waals surface area (Å²) in [6.07, 6.45) is 4.94. The van der Waals surface area contributed by atoms with Crippen molar-refractivity contribution in [2.24, 2.45) is 4.99 Å². The molecule has 0 radical (unpaired) electrons. The van der Waals surface area contributed by atoms with Crippen LogP contribution in [0.15, 0.2) is 29.3 Å². The number of carbonyl (C=O) groups is 1. The average molecular weight is 546 g/mol. The number of nitrogens with one attached hydrogen (secondary N) is 2. The Balaban J connectivity index is 0.00000480. The van der Waals surface area contributed by atoms with Crippen LogP contribution in [-0.2, 0) is 4.79 Å². The summed E-state index contributed by atoms with van der Waals surface area (Å²) >= 11 is 0. The van der Waals surface area contributed by atoms with Crippen molar-refractivity contribution < 1.29 is 9.53 Å². The minimum atomic E-state index is 0. The summed E-state index contributed by atoms with van der Waals surface area (Å²) in [5, 5.41) is 6.74. The van der Waals surface area contributed by atoms with Crippen molar-refractivity contribution in [2.45, 2.75) is 45.1 Å². The first-order valence-corrected chi connectivity index (χ1v) is 11.2. The summed E-state index contributed by atoms with van der Waals surface area (Å²) in [4.78, 5) is 21.1. The minimum absolute atomic E-state index is 0. The van der Waals surface area contributed by atoms with Gasteiger partial charge in [-0.15, -0.1) is 24.0 Å². The molecule has 2 N–H and O–H groups in total. The Kier molecular flexibility index (Phi) is 13.6. The molecule has 0 aliphatic carbocycles. The van der Waals surface area contributed by atoms with Crippen LogP contribution in [0.1, 0.15) is 50.6 Å². The van der Waals surface area contributed by atoms with Crippen molar-refractivity contribution in [1.29, 1.82) is 0 Å². The third-order valence-corrected chi connectivity index (χ3v) is 5.44. The Morgan fingerprint density at radius 2 is 2.06 bits per heavy atom. The van der Waals surface area contributed by atoms with E-state index >= 15 is 0 Å². The molecule has 2 rings (SSSR count). The Labute approximate surface area is 205 Å². The Morgan fingerprint density at radius 1 is 1.26 bits per heavy atom. The number of guanidine groups is 1. The summed E-state index contributed by atoms with van der Waals surface area (Å²) in [5.74, 6) is 1.98. The molecule has 176 valence electrons.